The smallest absolute Gasteiger partial charge is 0.198 e. The van der Waals surface area contributed by atoms with Gasteiger partial charge in [-0.3, -0.25) is 4.90 Å². The fraction of sp³-hybridized carbons (Fsp3) is 0.529. The van der Waals surface area contributed by atoms with Crippen molar-refractivity contribution >= 4 is 12.2 Å². The lowest BCUT2D eigenvalue weighted by Crippen LogP contribution is -2.39. The Kier molecular flexibility index (Phi) is 4.82. The van der Waals surface area contributed by atoms with Crippen LogP contribution >= 0.6 is 12.2 Å². The number of aryl methyl sites for hydroxylation is 3. The molecule has 1 aliphatic rings. The molecular weight excluding hydrogens is 308 g/mol. The summed E-state index contributed by atoms with van der Waals surface area (Å²) in [5.41, 5.74) is 2.45. The van der Waals surface area contributed by atoms with E-state index in [-0.39, 0.29) is 0 Å². The molecule has 0 atom stereocenters. The number of rotatable bonds is 4. The predicted octanol–water partition coefficient (Wildman–Crippen LogP) is 3.07. The van der Waals surface area contributed by atoms with Crippen molar-refractivity contribution < 1.29 is 4.74 Å². The Hall–Kier alpha value is -1.66. The van der Waals surface area contributed by atoms with E-state index in [0.717, 1.165) is 43.1 Å². The highest BCUT2D eigenvalue weighted by atomic mass is 32.1. The van der Waals surface area contributed by atoms with Crippen LogP contribution in [0.25, 0.3) is 0 Å². The number of hydrogen-bond donors (Lipinski definition) is 0. The summed E-state index contributed by atoms with van der Waals surface area (Å²) >= 11 is 5.34. The van der Waals surface area contributed by atoms with Gasteiger partial charge < -0.3 is 9.30 Å². The standard InChI is InChI=1S/C17H24N4OS/c1-13-4-5-14(2)16(10-13)22-15-6-8-20(9-7-15)12-21-17(23)19(3)11-18-21/h4-5,10-11,15H,6-9,12H2,1-3H3. The molecule has 5 nitrogen and oxygen atoms in total. The van der Waals surface area contributed by atoms with Crippen LogP contribution in [0.5, 0.6) is 5.75 Å². The molecule has 0 unspecified atom stereocenters. The van der Waals surface area contributed by atoms with Gasteiger partial charge in [0.25, 0.3) is 0 Å². The van der Waals surface area contributed by atoms with Gasteiger partial charge in [-0.2, -0.15) is 5.10 Å². The summed E-state index contributed by atoms with van der Waals surface area (Å²) < 4.78 is 10.7. The summed E-state index contributed by atoms with van der Waals surface area (Å²) in [6, 6.07) is 6.39. The minimum absolute atomic E-state index is 0.295. The van der Waals surface area contributed by atoms with Crippen LogP contribution in [0.4, 0.5) is 0 Å². The van der Waals surface area contributed by atoms with Crippen molar-refractivity contribution in [3.63, 3.8) is 0 Å². The molecule has 0 N–H and O–H groups in total. The van der Waals surface area contributed by atoms with Crippen LogP contribution in [-0.4, -0.2) is 38.4 Å². The van der Waals surface area contributed by atoms with Crippen LogP contribution in [0, 0.1) is 18.6 Å². The highest BCUT2D eigenvalue weighted by Gasteiger charge is 2.21. The fourth-order valence-corrected chi connectivity index (χ4v) is 3.04. The number of ether oxygens (including phenoxy) is 1. The molecule has 0 spiro atoms. The quantitative estimate of drug-likeness (QED) is 0.806. The Balaban J connectivity index is 1.55. The molecule has 2 heterocycles. The third kappa shape index (κ3) is 3.82. The Bertz CT molecular complexity index is 728. The summed E-state index contributed by atoms with van der Waals surface area (Å²) in [6.45, 7) is 6.98. The monoisotopic (exact) mass is 332 g/mol. The largest absolute Gasteiger partial charge is 0.490 e. The van der Waals surface area contributed by atoms with Crippen molar-refractivity contribution in [1.29, 1.82) is 0 Å². The van der Waals surface area contributed by atoms with Gasteiger partial charge in [-0.25, -0.2) is 4.68 Å². The second-order valence-corrected chi connectivity index (χ2v) is 6.73. The minimum Gasteiger partial charge on any atom is -0.490 e. The molecule has 6 heteroatoms. The molecule has 0 aliphatic carbocycles. The van der Waals surface area contributed by atoms with Gasteiger partial charge in [-0.15, -0.1) is 0 Å². The Morgan fingerprint density at radius 1 is 1.26 bits per heavy atom. The normalized spacial score (nSPS) is 16.7. The molecule has 0 amide bonds. The van der Waals surface area contributed by atoms with Gasteiger partial charge in [0.05, 0.1) is 6.67 Å². The van der Waals surface area contributed by atoms with Crippen LogP contribution in [0.1, 0.15) is 24.0 Å². The average Bonchev–Trinajstić information content (AvgIpc) is 2.85. The number of likely N-dealkylation sites (tertiary alicyclic amines) is 1. The van der Waals surface area contributed by atoms with Gasteiger partial charge >= 0.3 is 0 Å². The summed E-state index contributed by atoms with van der Waals surface area (Å²) in [6.07, 6.45) is 4.13. The van der Waals surface area contributed by atoms with E-state index in [4.69, 9.17) is 17.0 Å². The van der Waals surface area contributed by atoms with E-state index in [9.17, 15) is 0 Å². The molecule has 0 bridgehead atoms. The summed E-state index contributed by atoms with van der Waals surface area (Å²) in [4.78, 5) is 2.38. The highest BCUT2D eigenvalue weighted by Crippen LogP contribution is 2.24. The van der Waals surface area contributed by atoms with Crippen molar-refractivity contribution in [2.75, 3.05) is 13.1 Å². The molecule has 23 heavy (non-hydrogen) atoms. The Morgan fingerprint density at radius 2 is 2.00 bits per heavy atom. The first-order valence-corrected chi connectivity index (χ1v) is 8.48. The first-order chi connectivity index (χ1) is 11.0. The van der Waals surface area contributed by atoms with E-state index < -0.39 is 0 Å². The van der Waals surface area contributed by atoms with E-state index in [1.807, 2.05) is 16.3 Å². The summed E-state index contributed by atoms with van der Waals surface area (Å²) in [5, 5.41) is 4.32. The molecular formula is C17H24N4OS. The van der Waals surface area contributed by atoms with E-state index in [1.54, 1.807) is 6.33 Å². The maximum absolute atomic E-state index is 6.22. The van der Waals surface area contributed by atoms with E-state index in [1.165, 1.54) is 11.1 Å². The van der Waals surface area contributed by atoms with Gasteiger partial charge in [0, 0.05) is 20.1 Å². The molecule has 1 saturated heterocycles. The zero-order valence-electron chi connectivity index (χ0n) is 14.0. The molecule has 1 aromatic carbocycles. The molecule has 1 fully saturated rings. The van der Waals surface area contributed by atoms with E-state index in [0.29, 0.717) is 6.10 Å². The molecule has 124 valence electrons. The predicted molar refractivity (Wildman–Crippen MR) is 93.2 cm³/mol. The van der Waals surface area contributed by atoms with Crippen LogP contribution in [-0.2, 0) is 13.7 Å². The van der Waals surface area contributed by atoms with E-state index >= 15 is 0 Å². The van der Waals surface area contributed by atoms with Crippen LogP contribution in [0.3, 0.4) is 0 Å². The number of nitrogens with zero attached hydrogens (tertiary/aromatic N) is 4. The number of benzene rings is 1. The maximum Gasteiger partial charge on any atom is 0.198 e. The minimum atomic E-state index is 0.295. The maximum atomic E-state index is 6.22. The SMILES string of the molecule is Cc1ccc(C)c(OC2CCN(Cn3ncn(C)c3=S)CC2)c1. The Morgan fingerprint density at radius 3 is 2.65 bits per heavy atom. The van der Waals surface area contributed by atoms with Gasteiger partial charge in [0.15, 0.2) is 4.77 Å². The van der Waals surface area contributed by atoms with Crippen LogP contribution in [0.2, 0.25) is 0 Å². The lowest BCUT2D eigenvalue weighted by atomic mass is 10.1. The zero-order chi connectivity index (χ0) is 16.4. The number of piperidine rings is 1. The van der Waals surface area contributed by atoms with Gasteiger partial charge in [0.1, 0.15) is 18.2 Å². The first-order valence-electron chi connectivity index (χ1n) is 8.07. The molecule has 0 saturated carbocycles. The van der Waals surface area contributed by atoms with E-state index in [2.05, 4.69) is 42.0 Å². The lowest BCUT2D eigenvalue weighted by Gasteiger charge is -2.32. The molecule has 1 aliphatic heterocycles. The Labute approximate surface area is 142 Å². The number of aromatic nitrogens is 3. The topological polar surface area (TPSA) is 35.2 Å². The van der Waals surface area contributed by atoms with Gasteiger partial charge in [0.2, 0.25) is 0 Å². The van der Waals surface area contributed by atoms with Gasteiger partial charge in [-0.1, -0.05) is 12.1 Å². The molecule has 0 radical (unpaired) electrons. The second-order valence-electron chi connectivity index (χ2n) is 6.37. The zero-order valence-corrected chi connectivity index (χ0v) is 14.8. The second kappa shape index (κ2) is 6.84. The van der Waals surface area contributed by atoms with Crippen molar-refractivity contribution in [3.05, 3.63) is 40.4 Å². The third-order valence-electron chi connectivity index (χ3n) is 4.39. The van der Waals surface area contributed by atoms with Crippen molar-refractivity contribution in [3.8, 4) is 5.75 Å². The van der Waals surface area contributed by atoms with Crippen molar-refractivity contribution in [2.24, 2.45) is 7.05 Å². The van der Waals surface area contributed by atoms with Crippen molar-refractivity contribution in [1.82, 2.24) is 19.2 Å². The highest BCUT2D eigenvalue weighted by molar-refractivity contribution is 7.71. The van der Waals surface area contributed by atoms with Crippen molar-refractivity contribution in [2.45, 2.75) is 39.5 Å². The molecule has 3 rings (SSSR count). The lowest BCUT2D eigenvalue weighted by molar-refractivity contribution is 0.0796. The fourth-order valence-electron chi connectivity index (χ4n) is 2.89. The first kappa shape index (κ1) is 16.2. The summed E-state index contributed by atoms with van der Waals surface area (Å²) in [7, 11) is 1.93. The van der Waals surface area contributed by atoms with Gasteiger partial charge in [-0.05, 0) is 56.1 Å². The van der Waals surface area contributed by atoms with Crippen LogP contribution in [0.15, 0.2) is 24.5 Å². The molecule has 1 aromatic heterocycles. The average molecular weight is 332 g/mol. The number of hydrogen-bond acceptors (Lipinski definition) is 4. The summed E-state index contributed by atoms with van der Waals surface area (Å²) in [5.74, 6) is 1.02. The van der Waals surface area contributed by atoms with Crippen LogP contribution < -0.4 is 4.74 Å². The molecule has 2 aromatic rings. The third-order valence-corrected chi connectivity index (χ3v) is 4.89.